The summed E-state index contributed by atoms with van der Waals surface area (Å²) in [4.78, 5) is 25.2. The Morgan fingerprint density at radius 1 is 1.50 bits per heavy atom. The van der Waals surface area contributed by atoms with E-state index in [1.165, 1.54) is 23.1 Å². The highest BCUT2D eigenvalue weighted by Crippen LogP contribution is 2.18. The number of rotatable bonds is 2. The molecule has 2 rings (SSSR count). The SMILES string of the molecule is Cc1cc(F)ccc1NC(=O)C(=O)N1CCC(CO)C1. The molecule has 0 bridgehead atoms. The van der Waals surface area contributed by atoms with Crippen LogP contribution in [0.3, 0.4) is 0 Å². The number of nitrogens with zero attached hydrogens (tertiary/aromatic N) is 1. The fraction of sp³-hybridized carbons (Fsp3) is 0.429. The lowest BCUT2D eigenvalue weighted by atomic mass is 10.1. The zero-order valence-corrected chi connectivity index (χ0v) is 11.2. The fourth-order valence-electron chi connectivity index (χ4n) is 2.25. The van der Waals surface area contributed by atoms with E-state index in [0.717, 1.165) is 0 Å². The summed E-state index contributed by atoms with van der Waals surface area (Å²) < 4.78 is 13.0. The molecule has 1 unspecified atom stereocenters. The van der Waals surface area contributed by atoms with Gasteiger partial charge in [0.05, 0.1) is 0 Å². The van der Waals surface area contributed by atoms with Crippen LogP contribution >= 0.6 is 0 Å². The van der Waals surface area contributed by atoms with E-state index >= 15 is 0 Å². The van der Waals surface area contributed by atoms with Crippen LogP contribution in [0.1, 0.15) is 12.0 Å². The Kier molecular flexibility index (Phi) is 4.34. The number of hydrogen-bond donors (Lipinski definition) is 2. The minimum atomic E-state index is -0.738. The minimum Gasteiger partial charge on any atom is -0.396 e. The van der Waals surface area contributed by atoms with Crippen molar-refractivity contribution >= 4 is 17.5 Å². The van der Waals surface area contributed by atoms with E-state index in [9.17, 15) is 14.0 Å². The molecule has 108 valence electrons. The van der Waals surface area contributed by atoms with Crippen LogP contribution in [0.15, 0.2) is 18.2 Å². The zero-order valence-electron chi connectivity index (χ0n) is 11.2. The number of amides is 2. The number of halogens is 1. The van der Waals surface area contributed by atoms with Crippen LogP contribution in [0.5, 0.6) is 0 Å². The number of anilines is 1. The monoisotopic (exact) mass is 280 g/mol. The van der Waals surface area contributed by atoms with Crippen LogP contribution in [0.4, 0.5) is 10.1 Å². The summed E-state index contributed by atoms with van der Waals surface area (Å²) in [5.41, 5.74) is 0.975. The lowest BCUT2D eigenvalue weighted by molar-refractivity contribution is -0.142. The van der Waals surface area contributed by atoms with Gasteiger partial charge < -0.3 is 15.3 Å². The van der Waals surface area contributed by atoms with Gasteiger partial charge in [0.15, 0.2) is 0 Å². The maximum Gasteiger partial charge on any atom is 0.313 e. The van der Waals surface area contributed by atoms with Crippen LogP contribution in [0.2, 0.25) is 0 Å². The zero-order chi connectivity index (χ0) is 14.7. The molecule has 2 amide bonds. The third-order valence-electron chi connectivity index (χ3n) is 3.46. The van der Waals surface area contributed by atoms with E-state index in [-0.39, 0.29) is 12.5 Å². The number of likely N-dealkylation sites (tertiary alicyclic amines) is 1. The largest absolute Gasteiger partial charge is 0.396 e. The molecule has 1 atom stereocenters. The van der Waals surface area contributed by atoms with Gasteiger partial charge in [-0.25, -0.2) is 4.39 Å². The molecular weight excluding hydrogens is 263 g/mol. The van der Waals surface area contributed by atoms with Gasteiger partial charge in [-0.3, -0.25) is 9.59 Å². The molecule has 1 aromatic carbocycles. The summed E-state index contributed by atoms with van der Waals surface area (Å²) in [5, 5.41) is 11.5. The molecule has 0 aromatic heterocycles. The van der Waals surface area contributed by atoms with Crippen molar-refractivity contribution in [3.8, 4) is 0 Å². The highest BCUT2D eigenvalue weighted by atomic mass is 19.1. The van der Waals surface area contributed by atoms with Gasteiger partial charge in [0.2, 0.25) is 0 Å². The van der Waals surface area contributed by atoms with E-state index in [4.69, 9.17) is 5.11 Å². The normalized spacial score (nSPS) is 18.1. The van der Waals surface area contributed by atoms with Gasteiger partial charge in [-0.15, -0.1) is 0 Å². The summed E-state index contributed by atoms with van der Waals surface area (Å²) >= 11 is 0. The maximum absolute atomic E-state index is 13.0. The molecule has 2 N–H and O–H groups in total. The Morgan fingerprint density at radius 2 is 2.25 bits per heavy atom. The predicted octanol–water partition coefficient (Wildman–Crippen LogP) is 0.913. The molecule has 1 aliphatic heterocycles. The fourth-order valence-corrected chi connectivity index (χ4v) is 2.25. The predicted molar refractivity (Wildman–Crippen MR) is 71.5 cm³/mol. The quantitative estimate of drug-likeness (QED) is 0.791. The molecule has 1 aliphatic rings. The second-order valence-electron chi connectivity index (χ2n) is 5.00. The molecule has 0 spiro atoms. The number of aliphatic hydroxyl groups excluding tert-OH is 1. The number of nitrogens with one attached hydrogen (secondary N) is 1. The molecule has 1 saturated heterocycles. The number of hydrogen-bond acceptors (Lipinski definition) is 3. The van der Waals surface area contributed by atoms with Crippen LogP contribution in [-0.4, -0.2) is 41.5 Å². The Balaban J connectivity index is 1.99. The maximum atomic E-state index is 13.0. The molecule has 5 nitrogen and oxygen atoms in total. The summed E-state index contributed by atoms with van der Waals surface area (Å²) in [6.45, 7) is 2.54. The lowest BCUT2D eigenvalue weighted by Gasteiger charge is -2.16. The summed E-state index contributed by atoms with van der Waals surface area (Å²) in [7, 11) is 0. The van der Waals surface area contributed by atoms with Crippen LogP contribution < -0.4 is 5.32 Å². The molecule has 20 heavy (non-hydrogen) atoms. The molecular formula is C14H17FN2O3. The Bertz CT molecular complexity index is 533. The van der Waals surface area contributed by atoms with E-state index in [1.807, 2.05) is 0 Å². The standard InChI is InChI=1S/C14H17FN2O3/c1-9-6-11(15)2-3-12(9)16-13(19)14(20)17-5-4-10(7-17)8-18/h2-3,6,10,18H,4-5,7-8H2,1H3,(H,16,19). The van der Waals surface area contributed by atoms with E-state index in [1.54, 1.807) is 6.92 Å². The van der Waals surface area contributed by atoms with Crippen LogP contribution in [0.25, 0.3) is 0 Å². The van der Waals surface area contributed by atoms with Gasteiger partial charge in [0, 0.05) is 31.3 Å². The molecule has 0 aliphatic carbocycles. The number of aliphatic hydroxyl groups is 1. The highest BCUT2D eigenvalue weighted by molar-refractivity contribution is 6.39. The second-order valence-corrected chi connectivity index (χ2v) is 5.00. The first-order valence-corrected chi connectivity index (χ1v) is 6.48. The molecule has 0 radical (unpaired) electrons. The van der Waals surface area contributed by atoms with Gasteiger partial charge >= 0.3 is 11.8 Å². The van der Waals surface area contributed by atoms with Gasteiger partial charge in [-0.2, -0.15) is 0 Å². The van der Waals surface area contributed by atoms with Crippen LogP contribution in [-0.2, 0) is 9.59 Å². The first kappa shape index (κ1) is 14.5. The smallest absolute Gasteiger partial charge is 0.313 e. The van der Waals surface area contributed by atoms with Crippen molar-refractivity contribution in [3.63, 3.8) is 0 Å². The third kappa shape index (κ3) is 3.14. The van der Waals surface area contributed by atoms with Crippen molar-refractivity contribution in [1.82, 2.24) is 4.90 Å². The molecule has 1 heterocycles. The molecule has 6 heteroatoms. The number of carbonyl (C=O) groups is 2. The van der Waals surface area contributed by atoms with Gasteiger partial charge in [-0.1, -0.05) is 0 Å². The van der Waals surface area contributed by atoms with E-state index in [2.05, 4.69) is 5.32 Å². The lowest BCUT2D eigenvalue weighted by Crippen LogP contribution is -2.38. The summed E-state index contributed by atoms with van der Waals surface area (Å²) in [5.74, 6) is -1.71. The van der Waals surface area contributed by atoms with Gasteiger partial charge in [-0.05, 0) is 37.1 Å². The molecule has 1 aromatic rings. The Hall–Kier alpha value is -1.95. The average Bonchev–Trinajstić information content (AvgIpc) is 2.89. The van der Waals surface area contributed by atoms with Crippen molar-refractivity contribution in [1.29, 1.82) is 0 Å². The number of aryl methyl sites for hydroxylation is 1. The first-order valence-electron chi connectivity index (χ1n) is 6.48. The third-order valence-corrected chi connectivity index (χ3v) is 3.46. The Morgan fingerprint density at radius 3 is 2.85 bits per heavy atom. The van der Waals surface area contributed by atoms with Crippen molar-refractivity contribution in [2.24, 2.45) is 5.92 Å². The topological polar surface area (TPSA) is 69.6 Å². The van der Waals surface area contributed by atoms with E-state index in [0.29, 0.717) is 30.8 Å². The van der Waals surface area contributed by atoms with Crippen molar-refractivity contribution in [2.75, 3.05) is 25.0 Å². The van der Waals surface area contributed by atoms with Crippen LogP contribution in [0, 0.1) is 18.7 Å². The summed E-state index contributed by atoms with van der Waals surface area (Å²) in [6.07, 6.45) is 0.700. The van der Waals surface area contributed by atoms with Gasteiger partial charge in [0.25, 0.3) is 0 Å². The van der Waals surface area contributed by atoms with Crippen molar-refractivity contribution in [2.45, 2.75) is 13.3 Å². The molecule has 0 saturated carbocycles. The highest BCUT2D eigenvalue weighted by Gasteiger charge is 2.29. The second kappa shape index (κ2) is 6.00. The summed E-state index contributed by atoms with van der Waals surface area (Å²) in [6, 6.07) is 3.94. The van der Waals surface area contributed by atoms with Crippen molar-refractivity contribution < 1.29 is 19.1 Å². The number of benzene rings is 1. The van der Waals surface area contributed by atoms with Crippen molar-refractivity contribution in [3.05, 3.63) is 29.6 Å². The molecule has 1 fully saturated rings. The Labute approximate surface area is 116 Å². The number of carbonyl (C=O) groups excluding carboxylic acids is 2. The average molecular weight is 280 g/mol. The first-order chi connectivity index (χ1) is 9.51. The minimum absolute atomic E-state index is 0.0163. The van der Waals surface area contributed by atoms with E-state index < -0.39 is 17.6 Å². The van der Waals surface area contributed by atoms with Gasteiger partial charge in [0.1, 0.15) is 5.82 Å².